The third-order valence-electron chi connectivity index (χ3n) is 17.9. The Bertz CT molecular complexity index is 3900. The molecule has 0 bridgehead atoms. The lowest BCUT2D eigenvalue weighted by molar-refractivity contribution is 0.332. The second-order valence-corrected chi connectivity index (χ2v) is 24.2. The molecule has 0 atom stereocenters. The highest BCUT2D eigenvalue weighted by atomic mass is 16.3. The predicted molar refractivity (Wildman–Crippen MR) is 302 cm³/mol. The highest BCUT2D eigenvalue weighted by Gasteiger charge is 2.48. The average molecular weight is 921 g/mol. The van der Waals surface area contributed by atoms with Crippen LogP contribution in [0.2, 0.25) is 0 Å². The topological polar surface area (TPSA) is 21.3 Å². The van der Waals surface area contributed by atoms with Gasteiger partial charge >= 0.3 is 0 Å². The van der Waals surface area contributed by atoms with E-state index in [4.69, 9.17) is 4.42 Å². The van der Waals surface area contributed by atoms with Crippen LogP contribution < -0.4 is 21.4 Å². The summed E-state index contributed by atoms with van der Waals surface area (Å²) in [6.45, 7) is 22.1. The Kier molecular flexibility index (Phi) is 8.76. The molecule has 2 aliphatic heterocycles. The first-order chi connectivity index (χ1) is 34.1. The number of aromatic nitrogens is 1. The number of fused-ring (bicyclic) bond motifs is 9. The molecule has 2 aromatic heterocycles. The molecule has 4 heteroatoms. The molecule has 4 aliphatic rings. The van der Waals surface area contributed by atoms with Crippen LogP contribution in [0.4, 0.5) is 17.1 Å². The zero-order valence-electron chi connectivity index (χ0n) is 42.7. The zero-order chi connectivity index (χ0) is 48.5. The van der Waals surface area contributed by atoms with Crippen LogP contribution in [0.25, 0.3) is 71.9 Å². The number of anilines is 3. The van der Waals surface area contributed by atoms with E-state index < -0.39 is 0 Å². The number of para-hydroxylation sites is 2. The third-order valence-corrected chi connectivity index (χ3v) is 17.9. The lowest BCUT2D eigenvalue weighted by Gasteiger charge is -2.47. The highest BCUT2D eigenvalue weighted by molar-refractivity contribution is 7.00. The van der Waals surface area contributed by atoms with Crippen LogP contribution in [-0.2, 0) is 21.7 Å². The molecule has 14 rings (SSSR count). The van der Waals surface area contributed by atoms with E-state index in [-0.39, 0.29) is 28.4 Å². The number of nitrogens with zero attached hydrogens (tertiary/aromatic N) is 2. The van der Waals surface area contributed by atoms with Crippen molar-refractivity contribution >= 4 is 73.0 Å². The maximum atomic E-state index is 6.65. The Hall–Kier alpha value is -7.04. The molecule has 10 aromatic rings. The van der Waals surface area contributed by atoms with Crippen LogP contribution in [0.5, 0.6) is 0 Å². The number of aryl methyl sites for hydroxylation is 1. The van der Waals surface area contributed by atoms with Crippen molar-refractivity contribution in [1.29, 1.82) is 0 Å². The summed E-state index contributed by atoms with van der Waals surface area (Å²) in [5.41, 5.74) is 25.8. The van der Waals surface area contributed by atoms with Gasteiger partial charge in [-0.05, 0) is 164 Å². The molecule has 0 saturated heterocycles. The van der Waals surface area contributed by atoms with Crippen LogP contribution in [0.3, 0.4) is 0 Å². The zero-order valence-corrected chi connectivity index (χ0v) is 42.7. The lowest BCUT2D eigenvalue weighted by Crippen LogP contribution is -2.61. The monoisotopic (exact) mass is 920 g/mol. The summed E-state index contributed by atoms with van der Waals surface area (Å²) < 4.78 is 9.29. The number of hydrogen-bond acceptors (Lipinski definition) is 2. The molecule has 2 aliphatic carbocycles. The molecule has 0 spiro atoms. The van der Waals surface area contributed by atoms with Gasteiger partial charge in [0.15, 0.2) is 0 Å². The van der Waals surface area contributed by atoms with Gasteiger partial charge in [-0.1, -0.05) is 159 Å². The molecule has 4 heterocycles. The van der Waals surface area contributed by atoms with E-state index in [2.05, 4.69) is 230 Å². The van der Waals surface area contributed by atoms with Gasteiger partial charge in [-0.15, -0.1) is 0 Å². The fourth-order valence-corrected chi connectivity index (χ4v) is 13.9. The van der Waals surface area contributed by atoms with E-state index in [0.29, 0.717) is 0 Å². The molecule has 0 fully saturated rings. The van der Waals surface area contributed by atoms with E-state index in [1.165, 1.54) is 107 Å². The van der Waals surface area contributed by atoms with Crippen molar-refractivity contribution in [2.75, 3.05) is 4.90 Å². The van der Waals surface area contributed by atoms with Crippen molar-refractivity contribution in [3.63, 3.8) is 0 Å². The minimum atomic E-state index is -0.0625. The van der Waals surface area contributed by atoms with Gasteiger partial charge in [0.25, 0.3) is 6.71 Å². The van der Waals surface area contributed by atoms with Crippen LogP contribution in [0.1, 0.15) is 109 Å². The Morgan fingerprint density at radius 3 is 1.75 bits per heavy atom. The van der Waals surface area contributed by atoms with Crippen LogP contribution in [-0.4, -0.2) is 11.3 Å². The van der Waals surface area contributed by atoms with E-state index in [9.17, 15) is 0 Å². The van der Waals surface area contributed by atoms with Gasteiger partial charge in [0.1, 0.15) is 11.2 Å². The normalized spacial score (nSPS) is 17.5. The number of rotatable bonds is 4. The van der Waals surface area contributed by atoms with Crippen LogP contribution in [0.15, 0.2) is 162 Å². The Balaban J connectivity index is 1.14. The number of benzene rings is 8. The van der Waals surface area contributed by atoms with Crippen molar-refractivity contribution in [2.24, 2.45) is 0 Å². The van der Waals surface area contributed by atoms with Gasteiger partial charge in [0.05, 0.1) is 11.4 Å². The quantitative estimate of drug-likeness (QED) is 0.164. The minimum absolute atomic E-state index is 0.00682. The van der Waals surface area contributed by atoms with Crippen molar-refractivity contribution in [1.82, 2.24) is 4.57 Å². The Morgan fingerprint density at radius 1 is 0.451 bits per heavy atom. The van der Waals surface area contributed by atoms with E-state index in [0.717, 1.165) is 52.5 Å². The van der Waals surface area contributed by atoms with Crippen molar-refractivity contribution in [3.05, 3.63) is 186 Å². The van der Waals surface area contributed by atoms with E-state index in [1.54, 1.807) is 0 Å². The summed E-state index contributed by atoms with van der Waals surface area (Å²) in [6.07, 6.45) is 4.62. The number of hydrogen-bond donors (Lipinski definition) is 0. The summed E-state index contributed by atoms with van der Waals surface area (Å²) in [5.74, 6) is 0. The summed E-state index contributed by atoms with van der Waals surface area (Å²) in [7, 11) is 0. The van der Waals surface area contributed by atoms with Crippen molar-refractivity contribution in [3.8, 4) is 39.2 Å². The average Bonchev–Trinajstić information content (AvgIpc) is 3.92. The van der Waals surface area contributed by atoms with Gasteiger partial charge in [-0.25, -0.2) is 0 Å². The maximum Gasteiger partial charge on any atom is 0.269 e. The van der Waals surface area contributed by atoms with E-state index in [1.807, 2.05) is 0 Å². The van der Waals surface area contributed by atoms with Gasteiger partial charge in [-0.3, -0.25) is 0 Å². The van der Waals surface area contributed by atoms with Crippen LogP contribution in [0, 0.1) is 6.92 Å². The second-order valence-electron chi connectivity index (χ2n) is 24.2. The fourth-order valence-electron chi connectivity index (χ4n) is 13.9. The first kappa shape index (κ1) is 42.8. The molecule has 0 radical (unpaired) electrons. The predicted octanol–water partition coefficient (Wildman–Crippen LogP) is 16.2. The molecule has 348 valence electrons. The summed E-state index contributed by atoms with van der Waals surface area (Å²) >= 11 is 0. The largest absolute Gasteiger partial charge is 0.456 e. The summed E-state index contributed by atoms with van der Waals surface area (Å²) in [5, 5.41) is 4.89. The first-order valence-corrected chi connectivity index (χ1v) is 26.1. The smallest absolute Gasteiger partial charge is 0.269 e. The maximum absolute atomic E-state index is 6.65. The molecular weight excluding hydrogens is 860 g/mol. The van der Waals surface area contributed by atoms with Gasteiger partial charge in [0, 0.05) is 55.3 Å². The standard InChI is InChI=1S/C67H61BN2O/c1-40-33-49-46-24-18-25-47-60(46)63(69(43-21-14-11-15-22-43)62(47)42-27-28-45-44-23-16-17-26-58(44)71-59(45)35-42)68-54-37-51-53(67(8,9)32-30-65(51,4)5)39-56(54)70(57(34-40)61(49)68)55-38-52-50(64(2,3)29-31-66(52,6)7)36-48(55)41-19-12-10-13-20-41/h10-28,33-39H,29-32H2,1-9H3. The highest BCUT2D eigenvalue weighted by Crippen LogP contribution is 2.55. The lowest BCUT2D eigenvalue weighted by atomic mass is 9.33. The molecule has 8 aromatic carbocycles. The van der Waals surface area contributed by atoms with Crippen LogP contribution >= 0.6 is 0 Å². The third kappa shape index (κ3) is 6.03. The van der Waals surface area contributed by atoms with Gasteiger partial charge in [0.2, 0.25) is 0 Å². The Labute approximate surface area is 419 Å². The molecule has 0 saturated carbocycles. The summed E-state index contributed by atoms with van der Waals surface area (Å²) in [4.78, 5) is 2.74. The molecule has 0 unspecified atom stereocenters. The molecule has 3 nitrogen and oxygen atoms in total. The van der Waals surface area contributed by atoms with Gasteiger partial charge < -0.3 is 13.9 Å². The Morgan fingerprint density at radius 2 is 1.04 bits per heavy atom. The van der Waals surface area contributed by atoms with E-state index >= 15 is 0 Å². The molecule has 71 heavy (non-hydrogen) atoms. The molecule has 0 amide bonds. The first-order valence-electron chi connectivity index (χ1n) is 26.1. The number of furan rings is 1. The second kappa shape index (κ2) is 14.5. The van der Waals surface area contributed by atoms with Crippen molar-refractivity contribution in [2.45, 2.75) is 110 Å². The minimum Gasteiger partial charge on any atom is -0.456 e. The summed E-state index contributed by atoms with van der Waals surface area (Å²) in [6, 6.07) is 60.4. The molecule has 0 N–H and O–H groups in total. The molecular formula is C67H61BN2O. The fraction of sp³-hybridized carbons (Fsp3) is 0.254. The van der Waals surface area contributed by atoms with Gasteiger partial charge in [-0.2, -0.15) is 0 Å². The SMILES string of the molecule is Cc1cc2c3c(c1)N(c1cc4c(cc1-c1ccccc1)C(C)(C)CCC4(C)C)c1cc4c(cc1B3c1c3c-2cccc3c(-c2ccc3c(c2)oc2ccccc23)n1-c1ccccc1)C(C)(C)CCC4(C)C. The van der Waals surface area contributed by atoms with Crippen molar-refractivity contribution < 1.29 is 4.42 Å².